The summed E-state index contributed by atoms with van der Waals surface area (Å²) in [4.78, 5) is 10.5. The monoisotopic (exact) mass is 222 g/mol. The van der Waals surface area contributed by atoms with Crippen LogP contribution in [0.25, 0.3) is 0 Å². The van der Waals surface area contributed by atoms with Crippen molar-refractivity contribution in [3.05, 3.63) is 0 Å². The van der Waals surface area contributed by atoms with E-state index in [9.17, 15) is 4.79 Å². The van der Waals surface area contributed by atoms with Gasteiger partial charge in [0.1, 0.15) is 0 Å². The van der Waals surface area contributed by atoms with Crippen molar-refractivity contribution in [2.24, 2.45) is 5.92 Å². The lowest BCUT2D eigenvalue weighted by atomic mass is 10.1. The predicted octanol–water partition coefficient (Wildman–Crippen LogP) is 0.975. The molecule has 84 valence electrons. The minimum absolute atomic E-state index is 0.0148. The first-order valence-electron chi connectivity index (χ1n) is 4.37. The molecule has 1 N–H and O–H groups in total. The van der Waals surface area contributed by atoms with Crippen LogP contribution in [0, 0.1) is 5.92 Å². The van der Waals surface area contributed by atoms with Crippen molar-refractivity contribution in [2.75, 3.05) is 21.3 Å². The van der Waals surface area contributed by atoms with Gasteiger partial charge in [0, 0.05) is 33.8 Å². The number of aliphatic carboxylic acids is 1. The van der Waals surface area contributed by atoms with E-state index in [1.165, 1.54) is 21.3 Å². The van der Waals surface area contributed by atoms with Gasteiger partial charge in [0.15, 0.2) is 0 Å². The Balaban J connectivity index is 4.21. The fourth-order valence-corrected chi connectivity index (χ4v) is 3.29. The van der Waals surface area contributed by atoms with Crippen LogP contribution in [0.4, 0.5) is 0 Å². The van der Waals surface area contributed by atoms with E-state index in [1.807, 2.05) is 6.92 Å². The molecule has 0 bridgehead atoms. The van der Waals surface area contributed by atoms with E-state index in [2.05, 4.69) is 0 Å². The van der Waals surface area contributed by atoms with Crippen LogP contribution < -0.4 is 0 Å². The minimum Gasteiger partial charge on any atom is -0.481 e. The van der Waals surface area contributed by atoms with Crippen LogP contribution in [0.5, 0.6) is 0 Å². The van der Waals surface area contributed by atoms with Crippen molar-refractivity contribution >= 4 is 14.8 Å². The van der Waals surface area contributed by atoms with E-state index in [0.717, 1.165) is 0 Å². The van der Waals surface area contributed by atoms with Gasteiger partial charge in [-0.2, -0.15) is 0 Å². The lowest BCUT2D eigenvalue weighted by Crippen LogP contribution is -2.44. The number of carboxylic acids is 1. The summed E-state index contributed by atoms with van der Waals surface area (Å²) >= 11 is 0. The Morgan fingerprint density at radius 2 is 1.71 bits per heavy atom. The molecule has 0 aliphatic rings. The van der Waals surface area contributed by atoms with Crippen LogP contribution in [0.15, 0.2) is 0 Å². The van der Waals surface area contributed by atoms with Gasteiger partial charge < -0.3 is 18.4 Å². The third kappa shape index (κ3) is 4.19. The van der Waals surface area contributed by atoms with Gasteiger partial charge in [-0.1, -0.05) is 6.92 Å². The van der Waals surface area contributed by atoms with Crippen molar-refractivity contribution < 1.29 is 23.2 Å². The highest BCUT2D eigenvalue weighted by Crippen LogP contribution is 2.21. The summed E-state index contributed by atoms with van der Waals surface area (Å²) in [6.07, 6.45) is 0.102. The molecule has 5 nitrogen and oxygen atoms in total. The standard InChI is InChI=1S/C8H18O5Si/c1-7(5-8(9)10)6-14(11-2,12-3)13-4/h7H,5-6H2,1-4H3,(H,9,10)/t7-/m1/s1. The molecule has 0 spiro atoms. The number of hydrogen-bond acceptors (Lipinski definition) is 4. The fourth-order valence-electron chi connectivity index (χ4n) is 1.30. The average Bonchev–Trinajstić information content (AvgIpc) is 2.13. The summed E-state index contributed by atoms with van der Waals surface area (Å²) in [6, 6.07) is 0.517. The van der Waals surface area contributed by atoms with Gasteiger partial charge in [-0.3, -0.25) is 4.79 Å². The second-order valence-corrected chi connectivity index (χ2v) is 6.20. The maximum atomic E-state index is 10.5. The Morgan fingerprint density at radius 3 is 2.00 bits per heavy atom. The van der Waals surface area contributed by atoms with Gasteiger partial charge in [0.25, 0.3) is 0 Å². The molecule has 0 heterocycles. The largest absolute Gasteiger partial charge is 0.500 e. The highest BCUT2D eigenvalue weighted by atomic mass is 28.4. The van der Waals surface area contributed by atoms with Gasteiger partial charge in [-0.05, 0) is 5.92 Å². The Hall–Kier alpha value is -0.433. The van der Waals surface area contributed by atoms with Crippen molar-refractivity contribution in [3.63, 3.8) is 0 Å². The van der Waals surface area contributed by atoms with Crippen molar-refractivity contribution in [3.8, 4) is 0 Å². The van der Waals surface area contributed by atoms with Crippen LogP contribution in [-0.4, -0.2) is 41.2 Å². The molecule has 0 amide bonds. The van der Waals surface area contributed by atoms with Gasteiger partial charge in [0.05, 0.1) is 0 Å². The molecule has 0 aromatic carbocycles. The first kappa shape index (κ1) is 13.6. The van der Waals surface area contributed by atoms with E-state index in [0.29, 0.717) is 6.04 Å². The summed E-state index contributed by atoms with van der Waals surface area (Å²) in [6.45, 7) is 1.84. The van der Waals surface area contributed by atoms with Gasteiger partial charge in [-0.25, -0.2) is 0 Å². The predicted molar refractivity (Wildman–Crippen MR) is 53.0 cm³/mol. The Morgan fingerprint density at radius 1 is 1.29 bits per heavy atom. The molecule has 0 fully saturated rings. The molecule has 0 unspecified atom stereocenters. The van der Waals surface area contributed by atoms with Gasteiger partial charge in [-0.15, -0.1) is 0 Å². The molecule has 6 heteroatoms. The molecule has 1 atom stereocenters. The summed E-state index contributed by atoms with van der Waals surface area (Å²) < 4.78 is 15.6. The van der Waals surface area contributed by atoms with E-state index >= 15 is 0 Å². The molecule has 0 saturated heterocycles. The first-order chi connectivity index (χ1) is 6.49. The van der Waals surface area contributed by atoms with Crippen LogP contribution in [0.3, 0.4) is 0 Å². The van der Waals surface area contributed by atoms with E-state index in [-0.39, 0.29) is 12.3 Å². The fraction of sp³-hybridized carbons (Fsp3) is 0.875. The maximum absolute atomic E-state index is 10.5. The number of rotatable bonds is 7. The highest BCUT2D eigenvalue weighted by molar-refractivity contribution is 6.60. The van der Waals surface area contributed by atoms with Crippen molar-refractivity contribution in [1.82, 2.24) is 0 Å². The van der Waals surface area contributed by atoms with Crippen LogP contribution in [0.1, 0.15) is 13.3 Å². The van der Waals surface area contributed by atoms with Crippen LogP contribution in [-0.2, 0) is 18.1 Å². The second kappa shape index (κ2) is 6.13. The van der Waals surface area contributed by atoms with Gasteiger partial charge in [0.2, 0.25) is 0 Å². The number of carboxylic acid groups (broad SMARTS) is 1. The quantitative estimate of drug-likeness (QED) is 0.650. The Bertz CT molecular complexity index is 172. The maximum Gasteiger partial charge on any atom is 0.500 e. The normalized spacial score (nSPS) is 14.0. The Kier molecular flexibility index (Phi) is 5.94. The number of hydrogen-bond donors (Lipinski definition) is 1. The molecule has 0 aromatic rings. The molecule has 0 aliphatic heterocycles. The Labute approximate surface area is 85.3 Å². The summed E-state index contributed by atoms with van der Waals surface area (Å²) in [5.41, 5.74) is 0. The van der Waals surface area contributed by atoms with E-state index < -0.39 is 14.8 Å². The molecule has 14 heavy (non-hydrogen) atoms. The zero-order chi connectivity index (χ0) is 11.2. The van der Waals surface area contributed by atoms with Gasteiger partial charge >= 0.3 is 14.8 Å². The molecular formula is C8H18O5Si. The molecular weight excluding hydrogens is 204 g/mol. The minimum atomic E-state index is -2.61. The SMILES string of the molecule is CO[Si](C[C@H](C)CC(=O)O)(OC)OC. The molecule has 0 saturated carbocycles. The summed E-state index contributed by atoms with van der Waals surface area (Å²) in [5, 5.41) is 8.59. The lowest BCUT2D eigenvalue weighted by Gasteiger charge is -2.26. The summed E-state index contributed by atoms with van der Waals surface area (Å²) in [5.74, 6) is -0.831. The molecule has 0 radical (unpaired) electrons. The third-order valence-electron chi connectivity index (χ3n) is 2.05. The van der Waals surface area contributed by atoms with Crippen molar-refractivity contribution in [2.45, 2.75) is 19.4 Å². The topological polar surface area (TPSA) is 65.0 Å². The zero-order valence-electron chi connectivity index (χ0n) is 9.07. The van der Waals surface area contributed by atoms with E-state index in [1.54, 1.807) is 0 Å². The third-order valence-corrected chi connectivity index (χ3v) is 5.12. The molecule has 0 aliphatic carbocycles. The molecule has 0 aromatic heterocycles. The smallest absolute Gasteiger partial charge is 0.481 e. The highest BCUT2D eigenvalue weighted by Gasteiger charge is 2.39. The lowest BCUT2D eigenvalue weighted by molar-refractivity contribution is -0.137. The van der Waals surface area contributed by atoms with Crippen LogP contribution >= 0.6 is 0 Å². The summed E-state index contributed by atoms with van der Waals surface area (Å²) in [7, 11) is 1.95. The first-order valence-corrected chi connectivity index (χ1v) is 6.30. The number of carbonyl (C=O) groups is 1. The van der Waals surface area contributed by atoms with E-state index in [4.69, 9.17) is 18.4 Å². The average molecular weight is 222 g/mol. The molecule has 0 rings (SSSR count). The zero-order valence-corrected chi connectivity index (χ0v) is 10.1. The second-order valence-electron chi connectivity index (χ2n) is 3.20. The van der Waals surface area contributed by atoms with Crippen molar-refractivity contribution in [1.29, 1.82) is 0 Å². The van der Waals surface area contributed by atoms with Crippen LogP contribution in [0.2, 0.25) is 6.04 Å².